The van der Waals surface area contributed by atoms with Crippen molar-refractivity contribution < 1.29 is 19.1 Å². The number of carbonyl (C=O) groups excluding carboxylic acids is 2. The molecule has 252 valence electrons. The highest BCUT2D eigenvalue weighted by Crippen LogP contribution is 2.48. The first-order valence-corrected chi connectivity index (χ1v) is 17.5. The van der Waals surface area contributed by atoms with Gasteiger partial charge in [0.05, 0.1) is 24.3 Å². The first-order chi connectivity index (χ1) is 21.5. The second kappa shape index (κ2) is 14.3. The Morgan fingerprint density at radius 2 is 1.57 bits per heavy atom. The number of hydrogen-bond donors (Lipinski definition) is 0. The fourth-order valence-electron chi connectivity index (χ4n) is 6.70. The number of nitrogens with zero attached hydrogens (tertiary/aromatic N) is 2. The van der Waals surface area contributed by atoms with Crippen LogP contribution in [-0.2, 0) is 9.53 Å². The van der Waals surface area contributed by atoms with Gasteiger partial charge in [0.2, 0.25) is 0 Å². The topological polar surface area (TPSA) is 68.2 Å². The van der Waals surface area contributed by atoms with Crippen molar-refractivity contribution in [3.63, 3.8) is 0 Å². The number of aliphatic imine (C=N–C) groups is 1. The molecule has 6 nitrogen and oxygen atoms in total. The van der Waals surface area contributed by atoms with Crippen LogP contribution in [0.5, 0.6) is 5.75 Å². The standard InChI is InChI=1S/C40H58N2O4/c1-27(2)29-18-22-40(23-19-29)41-35(32-12-11-13-33(26-32)45-25-24-39(8,9)10)36(43)42(40)34(20-21-38(5,6)7)30-14-16-31(17-15-30)37(44)46-28(3)4/h11-17,26-29,34H,18-25H2,1-10H3/t29?,34-,40?/m1/s1. The first kappa shape index (κ1) is 35.7. The van der Waals surface area contributed by atoms with E-state index in [0.29, 0.717) is 29.7 Å². The molecule has 1 aliphatic carbocycles. The molecule has 2 aromatic carbocycles. The van der Waals surface area contributed by atoms with Crippen molar-refractivity contribution in [3.8, 4) is 5.75 Å². The largest absolute Gasteiger partial charge is 0.494 e. The highest BCUT2D eigenvalue weighted by molar-refractivity contribution is 6.46. The van der Waals surface area contributed by atoms with E-state index in [2.05, 4.69) is 60.3 Å². The van der Waals surface area contributed by atoms with Crippen LogP contribution in [0.4, 0.5) is 0 Å². The Morgan fingerprint density at radius 1 is 0.935 bits per heavy atom. The molecular weight excluding hydrogens is 572 g/mol. The van der Waals surface area contributed by atoms with E-state index in [1.165, 1.54) is 0 Å². The third-order valence-corrected chi connectivity index (χ3v) is 9.55. The Morgan fingerprint density at radius 3 is 2.13 bits per heavy atom. The monoisotopic (exact) mass is 630 g/mol. The summed E-state index contributed by atoms with van der Waals surface area (Å²) in [6.07, 6.45) is 6.27. The van der Waals surface area contributed by atoms with Gasteiger partial charge in [0.1, 0.15) is 17.1 Å². The van der Waals surface area contributed by atoms with Crippen molar-refractivity contribution in [1.29, 1.82) is 0 Å². The summed E-state index contributed by atoms with van der Waals surface area (Å²) in [7, 11) is 0. The molecule has 0 saturated heterocycles. The van der Waals surface area contributed by atoms with Gasteiger partial charge in [0.25, 0.3) is 5.91 Å². The van der Waals surface area contributed by atoms with Crippen molar-refractivity contribution in [3.05, 3.63) is 65.2 Å². The molecular formula is C40H58N2O4. The maximum Gasteiger partial charge on any atom is 0.338 e. The van der Waals surface area contributed by atoms with Crippen LogP contribution in [-0.4, -0.2) is 40.9 Å². The molecule has 0 unspecified atom stereocenters. The van der Waals surface area contributed by atoms with E-state index in [1.54, 1.807) is 0 Å². The van der Waals surface area contributed by atoms with E-state index >= 15 is 0 Å². The number of ether oxygens (including phenoxy) is 2. The Hall–Kier alpha value is -3.15. The maximum atomic E-state index is 14.8. The molecule has 1 spiro atoms. The third-order valence-electron chi connectivity index (χ3n) is 9.55. The van der Waals surface area contributed by atoms with Gasteiger partial charge in [-0.05, 0) is 111 Å². The Balaban J connectivity index is 1.73. The van der Waals surface area contributed by atoms with Crippen LogP contribution in [0.3, 0.4) is 0 Å². The Bertz CT molecular complexity index is 1370. The van der Waals surface area contributed by atoms with Gasteiger partial charge in [-0.2, -0.15) is 0 Å². The van der Waals surface area contributed by atoms with E-state index in [0.717, 1.165) is 61.8 Å². The molecule has 2 aromatic rings. The number of amides is 1. The van der Waals surface area contributed by atoms with Crippen LogP contribution in [0, 0.1) is 22.7 Å². The summed E-state index contributed by atoms with van der Waals surface area (Å²) in [5.74, 6) is 1.64. The number of carbonyl (C=O) groups is 2. The number of hydrogen-bond acceptors (Lipinski definition) is 5. The van der Waals surface area contributed by atoms with E-state index < -0.39 is 5.66 Å². The second-order valence-corrected chi connectivity index (χ2v) is 16.6. The van der Waals surface area contributed by atoms with Crippen LogP contribution < -0.4 is 4.74 Å². The summed E-state index contributed by atoms with van der Waals surface area (Å²) in [6, 6.07) is 15.4. The van der Waals surface area contributed by atoms with Crippen LogP contribution >= 0.6 is 0 Å². The van der Waals surface area contributed by atoms with Crippen molar-refractivity contribution in [2.45, 2.75) is 132 Å². The maximum absolute atomic E-state index is 14.8. The summed E-state index contributed by atoms with van der Waals surface area (Å²) >= 11 is 0. The summed E-state index contributed by atoms with van der Waals surface area (Å²) in [5.41, 5.74) is 2.56. The molecule has 1 saturated carbocycles. The van der Waals surface area contributed by atoms with Crippen LogP contribution in [0.1, 0.15) is 142 Å². The van der Waals surface area contributed by atoms with Crippen molar-refractivity contribution in [1.82, 2.24) is 4.90 Å². The lowest BCUT2D eigenvalue weighted by atomic mass is 9.75. The number of benzene rings is 2. The smallest absolute Gasteiger partial charge is 0.338 e. The van der Waals surface area contributed by atoms with E-state index in [-0.39, 0.29) is 34.9 Å². The lowest BCUT2D eigenvalue weighted by Crippen LogP contribution is -2.51. The minimum atomic E-state index is -0.599. The summed E-state index contributed by atoms with van der Waals surface area (Å²) in [4.78, 5) is 34.9. The van der Waals surface area contributed by atoms with Gasteiger partial charge >= 0.3 is 5.97 Å². The number of rotatable bonds is 11. The lowest BCUT2D eigenvalue weighted by Gasteiger charge is -2.46. The van der Waals surface area contributed by atoms with Crippen LogP contribution in [0.15, 0.2) is 53.5 Å². The fraction of sp³-hybridized carbons (Fsp3) is 0.625. The van der Waals surface area contributed by atoms with Crippen molar-refractivity contribution in [2.75, 3.05) is 6.61 Å². The molecule has 0 aromatic heterocycles. The Kier molecular flexibility index (Phi) is 11.1. The zero-order valence-corrected chi connectivity index (χ0v) is 30.1. The molecule has 1 fully saturated rings. The third kappa shape index (κ3) is 9.01. The minimum Gasteiger partial charge on any atom is -0.494 e. The molecule has 0 radical (unpaired) electrons. The predicted molar refractivity (Wildman–Crippen MR) is 187 cm³/mol. The second-order valence-electron chi connectivity index (χ2n) is 16.6. The van der Waals surface area contributed by atoms with Gasteiger partial charge in [0, 0.05) is 5.56 Å². The van der Waals surface area contributed by atoms with E-state index in [9.17, 15) is 9.59 Å². The lowest BCUT2D eigenvalue weighted by molar-refractivity contribution is -0.133. The van der Waals surface area contributed by atoms with Gasteiger partial charge in [-0.1, -0.05) is 79.7 Å². The van der Waals surface area contributed by atoms with Crippen molar-refractivity contribution >= 4 is 17.6 Å². The zero-order chi connectivity index (χ0) is 33.9. The number of esters is 1. The highest BCUT2D eigenvalue weighted by Gasteiger charge is 2.52. The average molecular weight is 631 g/mol. The normalized spacial score (nSPS) is 21.2. The molecule has 0 bridgehead atoms. The molecule has 6 heteroatoms. The van der Waals surface area contributed by atoms with Gasteiger partial charge in [-0.3, -0.25) is 9.79 Å². The summed E-state index contributed by atoms with van der Waals surface area (Å²) in [5, 5.41) is 0. The van der Waals surface area contributed by atoms with E-state index in [4.69, 9.17) is 14.5 Å². The first-order valence-electron chi connectivity index (χ1n) is 17.5. The van der Waals surface area contributed by atoms with Gasteiger partial charge < -0.3 is 14.4 Å². The van der Waals surface area contributed by atoms with E-state index in [1.807, 2.05) is 62.4 Å². The predicted octanol–water partition coefficient (Wildman–Crippen LogP) is 9.81. The molecule has 1 amide bonds. The molecule has 0 N–H and O–H groups in total. The molecule has 1 aliphatic heterocycles. The zero-order valence-electron chi connectivity index (χ0n) is 30.1. The van der Waals surface area contributed by atoms with Gasteiger partial charge in [-0.15, -0.1) is 0 Å². The van der Waals surface area contributed by atoms with Gasteiger partial charge in [0.15, 0.2) is 0 Å². The van der Waals surface area contributed by atoms with Gasteiger partial charge in [-0.25, -0.2) is 4.79 Å². The Labute approximate surface area is 278 Å². The SMILES string of the molecule is CC(C)OC(=O)c1ccc([C@@H](CCC(C)(C)C)N2C(=O)C(c3cccc(OCCC(C)(C)C)c3)=NC23CCC(C(C)C)CC3)cc1. The molecule has 2 aliphatic rings. The molecule has 46 heavy (non-hydrogen) atoms. The highest BCUT2D eigenvalue weighted by atomic mass is 16.5. The molecule has 1 heterocycles. The quantitative estimate of drug-likeness (QED) is 0.232. The van der Waals surface area contributed by atoms with Crippen molar-refractivity contribution in [2.24, 2.45) is 27.7 Å². The fourth-order valence-corrected chi connectivity index (χ4v) is 6.70. The van der Waals surface area contributed by atoms with Crippen LogP contribution in [0.25, 0.3) is 0 Å². The summed E-state index contributed by atoms with van der Waals surface area (Å²) in [6.45, 7) is 22.3. The average Bonchev–Trinajstić information content (AvgIpc) is 3.23. The van der Waals surface area contributed by atoms with Crippen LogP contribution in [0.2, 0.25) is 0 Å². The summed E-state index contributed by atoms with van der Waals surface area (Å²) < 4.78 is 11.6. The minimum absolute atomic E-state index is 0.0166. The molecule has 1 atom stereocenters. The molecule has 4 rings (SSSR count).